The fourth-order valence-corrected chi connectivity index (χ4v) is 90.9. The number of ether oxygens (including phenoxy) is 2. The van der Waals surface area contributed by atoms with E-state index in [1.54, 1.807) is 0 Å². The van der Waals surface area contributed by atoms with Crippen molar-refractivity contribution < 1.29 is 13.6 Å². The summed E-state index contributed by atoms with van der Waals surface area (Å²) in [6, 6.07) is 0. The second-order valence-corrected chi connectivity index (χ2v) is 37.2. The van der Waals surface area contributed by atoms with Crippen LogP contribution in [-0.4, -0.2) is 68.5 Å². The second kappa shape index (κ2) is 5.89. The molecule has 0 aromatic heterocycles. The van der Waals surface area contributed by atoms with Crippen molar-refractivity contribution in [3.05, 3.63) is 0 Å². The summed E-state index contributed by atoms with van der Waals surface area (Å²) in [5.41, 5.74) is 0.570. The van der Waals surface area contributed by atoms with E-state index < -0.39 is 8.56 Å². The Hall–Kier alpha value is 0.964. The van der Waals surface area contributed by atoms with E-state index >= 15 is 0 Å². The molecule has 0 aliphatic carbocycles. The number of hydrogen-bond donors (Lipinski definition) is 0. The molecule has 14 heavy (non-hydrogen) atoms. The van der Waals surface area contributed by atoms with Crippen molar-refractivity contribution in [2.45, 2.75) is 25.2 Å². The molecule has 0 bridgehead atoms. The van der Waals surface area contributed by atoms with E-state index in [1.165, 1.54) is 6.42 Å². The fourth-order valence-electron chi connectivity index (χ4n) is 1.94. The number of hydrogen-bond acceptors (Lipinski definition) is 3. The monoisotopic (exact) mass is 280 g/mol. The maximum Gasteiger partial charge on any atom is 0.168 e. The highest BCUT2D eigenvalue weighted by Crippen LogP contribution is 2.12. The summed E-state index contributed by atoms with van der Waals surface area (Å²) < 4.78 is 17.3. The Morgan fingerprint density at radius 2 is 2.43 bits per heavy atom. The molecule has 3 nitrogen and oxygen atoms in total. The van der Waals surface area contributed by atoms with Gasteiger partial charge < -0.3 is 13.6 Å². The molecule has 3 unspecified atom stereocenters. The Morgan fingerprint density at radius 3 is 3.00 bits per heavy atom. The third-order valence-corrected chi connectivity index (χ3v) is 60.4. The van der Waals surface area contributed by atoms with E-state index in [4.69, 9.17) is 13.6 Å². The summed E-state index contributed by atoms with van der Waals surface area (Å²) in [4.78, 5) is 0. The van der Waals surface area contributed by atoms with Crippen molar-refractivity contribution in [1.29, 1.82) is 0 Å². The molecule has 3 atom stereocenters. The maximum atomic E-state index is 6.15. The van der Waals surface area contributed by atoms with Crippen LogP contribution < -0.4 is 0 Å². The normalized spacial score (nSPS) is 40.9. The summed E-state index contributed by atoms with van der Waals surface area (Å²) >= 11 is 0. The van der Waals surface area contributed by atoms with E-state index in [9.17, 15) is 0 Å². The van der Waals surface area contributed by atoms with Crippen molar-refractivity contribution in [1.82, 2.24) is 0 Å². The molecule has 8 heteroatoms. The Morgan fingerprint density at radius 1 is 1.57 bits per heavy atom. The predicted octanol–water partition coefficient (Wildman–Crippen LogP) is -3.69. The zero-order chi connectivity index (χ0) is 9.80. The molecule has 0 spiro atoms. The zero-order valence-corrected chi connectivity index (χ0v) is 15.7. The van der Waals surface area contributed by atoms with E-state index in [2.05, 4.69) is 6.92 Å². The van der Waals surface area contributed by atoms with Gasteiger partial charge in [-0.05, 0) is 15.0 Å². The highest BCUT2D eigenvalue weighted by atomic mass is 29.9. The molecule has 2 rings (SSSR count). The van der Waals surface area contributed by atoms with Crippen LogP contribution in [0.5, 0.6) is 0 Å². The summed E-state index contributed by atoms with van der Waals surface area (Å²) in [5.74, 6) is 0. The minimum Gasteiger partial charge on any atom is -0.467 e. The van der Waals surface area contributed by atoms with Gasteiger partial charge in [-0.2, -0.15) is 0 Å². The van der Waals surface area contributed by atoms with Gasteiger partial charge in [-0.15, -0.1) is 0 Å². The Balaban J connectivity index is 1.71. The Bertz CT molecular complexity index is 173. The van der Waals surface area contributed by atoms with Crippen LogP contribution in [0.1, 0.15) is 13.3 Å². The first-order valence-corrected chi connectivity index (χ1v) is 22.7. The SMILES string of the molecule is CCC(OCC1CO1)[SiH]1O[SiH2][SiH2][SiH2][SiH2]1. The van der Waals surface area contributed by atoms with Crippen molar-refractivity contribution in [3.63, 3.8) is 0 Å². The lowest BCUT2D eigenvalue weighted by atomic mass is 10.5. The van der Waals surface area contributed by atoms with Crippen LogP contribution in [0.4, 0.5) is 0 Å². The Kier molecular flexibility index (Phi) is 4.82. The van der Waals surface area contributed by atoms with Crippen LogP contribution >= 0.6 is 0 Å². The largest absolute Gasteiger partial charge is 0.467 e. The fraction of sp³-hybridized carbons (Fsp3) is 1.00. The first-order valence-electron chi connectivity index (χ1n) is 5.75. The van der Waals surface area contributed by atoms with E-state index in [1.807, 2.05) is 0 Å². The molecule has 0 amide bonds. The van der Waals surface area contributed by atoms with Gasteiger partial charge in [0.2, 0.25) is 0 Å². The smallest absolute Gasteiger partial charge is 0.168 e. The molecule has 0 aromatic rings. The molecule has 2 aliphatic heterocycles. The van der Waals surface area contributed by atoms with Crippen molar-refractivity contribution in [3.8, 4) is 0 Å². The van der Waals surface area contributed by atoms with Crippen LogP contribution in [-0.2, 0) is 13.6 Å². The predicted molar refractivity (Wildman–Crippen MR) is 72.2 cm³/mol. The Labute approximate surface area is 95.6 Å². The minimum atomic E-state index is -0.753. The van der Waals surface area contributed by atoms with Crippen molar-refractivity contribution in [2.24, 2.45) is 0 Å². The van der Waals surface area contributed by atoms with Crippen LogP contribution in [0.25, 0.3) is 0 Å². The van der Waals surface area contributed by atoms with Gasteiger partial charge in [-0.1, -0.05) is 6.92 Å². The van der Waals surface area contributed by atoms with Gasteiger partial charge in [0.05, 0.1) is 18.9 Å². The van der Waals surface area contributed by atoms with E-state index in [0.29, 0.717) is 37.5 Å². The summed E-state index contributed by atoms with van der Waals surface area (Å²) in [6.07, 6.45) is 1.63. The molecule has 2 fully saturated rings. The number of epoxide rings is 1. The third-order valence-electron chi connectivity index (χ3n) is 2.93. The molecule has 2 heterocycles. The molecule has 0 aromatic carbocycles. The van der Waals surface area contributed by atoms with Crippen molar-refractivity contribution in [2.75, 3.05) is 13.2 Å². The van der Waals surface area contributed by atoms with E-state index in [0.717, 1.165) is 13.2 Å². The molecule has 0 saturated carbocycles. The highest BCUT2D eigenvalue weighted by molar-refractivity contribution is 7.58. The molecule has 82 valence electrons. The first-order chi connectivity index (χ1) is 6.90. The zero-order valence-electron chi connectivity index (χ0n) is 8.91. The summed E-state index contributed by atoms with van der Waals surface area (Å²) in [6.45, 7) is 4.04. The quantitative estimate of drug-likeness (QED) is 0.384. The average molecular weight is 281 g/mol. The lowest BCUT2D eigenvalue weighted by molar-refractivity contribution is 0.0811. The van der Waals surface area contributed by atoms with Gasteiger partial charge in [0.25, 0.3) is 0 Å². The van der Waals surface area contributed by atoms with Gasteiger partial charge in [0.1, 0.15) is 15.4 Å². The van der Waals surface area contributed by atoms with E-state index in [-0.39, 0.29) is 9.28 Å². The lowest BCUT2D eigenvalue weighted by Crippen LogP contribution is -2.51. The van der Waals surface area contributed by atoms with Gasteiger partial charge in [-0.3, -0.25) is 0 Å². The summed E-state index contributed by atoms with van der Waals surface area (Å²) in [7, 11) is 0.692. The average Bonchev–Trinajstić information content (AvgIpc) is 3.04. The second-order valence-electron chi connectivity index (χ2n) is 4.14. The van der Waals surface area contributed by atoms with Crippen LogP contribution in [0.15, 0.2) is 0 Å². The van der Waals surface area contributed by atoms with Gasteiger partial charge in [-0.25, -0.2) is 0 Å². The lowest BCUT2D eigenvalue weighted by Gasteiger charge is -2.28. The molecular formula is C6H20O3Si5. The van der Waals surface area contributed by atoms with Gasteiger partial charge in [0.15, 0.2) is 8.56 Å². The molecule has 2 aliphatic rings. The standard InChI is InChI=1S/C6H20O3Si5/c1-2-6(8-4-5-3-7-5)14-9-10-11-12-13-14/h5-6,14H,2-4,10-13H2,1H3. The van der Waals surface area contributed by atoms with Gasteiger partial charge in [0, 0.05) is 17.1 Å². The van der Waals surface area contributed by atoms with Crippen LogP contribution in [0, 0.1) is 0 Å². The van der Waals surface area contributed by atoms with Crippen molar-refractivity contribution >= 4 is 43.5 Å². The third kappa shape index (κ3) is 3.52. The minimum absolute atomic E-state index is 0.0740. The molecule has 0 radical (unpaired) electrons. The van der Waals surface area contributed by atoms with Crippen LogP contribution in [0.2, 0.25) is 0 Å². The first kappa shape index (κ1) is 11.4. The topological polar surface area (TPSA) is 31.0 Å². The molecule has 2 saturated heterocycles. The molecular weight excluding hydrogens is 260 g/mol. The highest BCUT2D eigenvalue weighted by Gasteiger charge is 2.29. The van der Waals surface area contributed by atoms with Gasteiger partial charge >= 0.3 is 0 Å². The maximum absolute atomic E-state index is 6.15. The summed E-state index contributed by atoms with van der Waals surface area (Å²) in [5, 5.41) is 0. The van der Waals surface area contributed by atoms with Crippen LogP contribution in [0.3, 0.4) is 0 Å². The molecule has 0 N–H and O–H groups in total. The number of rotatable bonds is 5.